The molecule has 2 atom stereocenters. The number of nitrogens with zero attached hydrogens (tertiary/aromatic N) is 2. The first-order chi connectivity index (χ1) is 9.67. The molecule has 2 aromatic rings. The number of thiophene rings is 1. The van der Waals surface area contributed by atoms with Crippen molar-refractivity contribution < 1.29 is 4.74 Å². The van der Waals surface area contributed by atoms with Crippen LogP contribution in [-0.4, -0.2) is 16.1 Å². The van der Waals surface area contributed by atoms with Crippen molar-refractivity contribution in [2.24, 2.45) is 5.92 Å². The Morgan fingerprint density at radius 2 is 2.15 bits per heavy atom. The summed E-state index contributed by atoms with van der Waals surface area (Å²) < 4.78 is 6.24. The van der Waals surface area contributed by atoms with Crippen molar-refractivity contribution in [1.82, 2.24) is 9.97 Å². The van der Waals surface area contributed by atoms with Crippen LogP contribution in [0.25, 0.3) is 10.2 Å². The number of aromatic nitrogens is 2. The molecule has 1 saturated carbocycles. The van der Waals surface area contributed by atoms with E-state index in [0.717, 1.165) is 23.1 Å². The SMILES string of the molecule is CCC1CCCCC1Oc1nc(Cl)nc2sc(C)cc12. The summed E-state index contributed by atoms with van der Waals surface area (Å²) in [5.41, 5.74) is 0. The monoisotopic (exact) mass is 310 g/mol. The van der Waals surface area contributed by atoms with Gasteiger partial charge in [0, 0.05) is 4.88 Å². The molecule has 0 N–H and O–H groups in total. The van der Waals surface area contributed by atoms with Gasteiger partial charge in [0.15, 0.2) is 0 Å². The number of aryl methyl sites for hydroxylation is 1. The molecule has 20 heavy (non-hydrogen) atoms. The van der Waals surface area contributed by atoms with Gasteiger partial charge in [0.2, 0.25) is 11.2 Å². The number of hydrogen-bond donors (Lipinski definition) is 0. The Morgan fingerprint density at radius 3 is 2.95 bits per heavy atom. The van der Waals surface area contributed by atoms with E-state index >= 15 is 0 Å². The molecule has 0 saturated heterocycles. The van der Waals surface area contributed by atoms with Crippen LogP contribution >= 0.6 is 22.9 Å². The molecular weight excluding hydrogens is 292 g/mol. The van der Waals surface area contributed by atoms with Gasteiger partial charge in [-0.2, -0.15) is 4.98 Å². The molecule has 0 radical (unpaired) electrons. The molecule has 1 aliphatic carbocycles. The number of ether oxygens (including phenoxy) is 1. The molecule has 5 heteroatoms. The Hall–Kier alpha value is -0.870. The zero-order chi connectivity index (χ0) is 14.1. The average molecular weight is 311 g/mol. The summed E-state index contributed by atoms with van der Waals surface area (Å²) >= 11 is 7.66. The minimum absolute atomic E-state index is 0.267. The van der Waals surface area contributed by atoms with Crippen LogP contribution in [0.5, 0.6) is 5.88 Å². The van der Waals surface area contributed by atoms with E-state index in [-0.39, 0.29) is 11.4 Å². The predicted octanol–water partition coefficient (Wildman–Crippen LogP) is 5.00. The topological polar surface area (TPSA) is 35.0 Å². The lowest BCUT2D eigenvalue weighted by Crippen LogP contribution is -2.30. The van der Waals surface area contributed by atoms with Gasteiger partial charge in [-0.1, -0.05) is 13.3 Å². The van der Waals surface area contributed by atoms with Crippen LogP contribution < -0.4 is 4.74 Å². The summed E-state index contributed by atoms with van der Waals surface area (Å²) in [5.74, 6) is 1.29. The molecule has 2 aromatic heterocycles. The molecule has 0 spiro atoms. The van der Waals surface area contributed by atoms with Crippen molar-refractivity contribution in [2.45, 2.75) is 52.1 Å². The maximum atomic E-state index is 6.24. The van der Waals surface area contributed by atoms with Gasteiger partial charge >= 0.3 is 0 Å². The predicted molar refractivity (Wildman–Crippen MR) is 83.8 cm³/mol. The van der Waals surface area contributed by atoms with Gasteiger partial charge in [-0.3, -0.25) is 0 Å². The maximum Gasteiger partial charge on any atom is 0.227 e. The van der Waals surface area contributed by atoms with Crippen molar-refractivity contribution >= 4 is 33.2 Å². The van der Waals surface area contributed by atoms with Crippen molar-refractivity contribution in [1.29, 1.82) is 0 Å². The summed E-state index contributed by atoms with van der Waals surface area (Å²) in [5, 5.41) is 1.27. The normalized spacial score (nSPS) is 23.1. The van der Waals surface area contributed by atoms with E-state index in [9.17, 15) is 0 Å². The van der Waals surface area contributed by atoms with Crippen LogP contribution in [-0.2, 0) is 0 Å². The fourth-order valence-electron chi connectivity index (χ4n) is 3.02. The van der Waals surface area contributed by atoms with E-state index in [4.69, 9.17) is 16.3 Å². The third-order valence-corrected chi connectivity index (χ3v) is 5.19. The van der Waals surface area contributed by atoms with Crippen LogP contribution in [0.1, 0.15) is 43.9 Å². The van der Waals surface area contributed by atoms with Gasteiger partial charge in [-0.25, -0.2) is 4.98 Å². The Balaban J connectivity index is 1.93. The summed E-state index contributed by atoms with van der Waals surface area (Å²) in [6.07, 6.45) is 6.36. The van der Waals surface area contributed by atoms with Gasteiger partial charge in [0.25, 0.3) is 0 Å². The molecule has 2 heterocycles. The second-order valence-corrected chi connectivity index (χ2v) is 7.06. The fraction of sp³-hybridized carbons (Fsp3) is 0.600. The van der Waals surface area contributed by atoms with E-state index < -0.39 is 0 Å². The van der Waals surface area contributed by atoms with Gasteiger partial charge < -0.3 is 4.74 Å². The quantitative estimate of drug-likeness (QED) is 0.748. The third-order valence-electron chi connectivity index (χ3n) is 4.08. The Bertz CT molecular complexity index is 613. The van der Waals surface area contributed by atoms with Crippen LogP contribution in [0.15, 0.2) is 6.07 Å². The minimum atomic E-state index is 0.267. The molecule has 0 amide bonds. The van der Waals surface area contributed by atoms with Gasteiger partial charge in [-0.05, 0) is 56.2 Å². The number of hydrogen-bond acceptors (Lipinski definition) is 4. The van der Waals surface area contributed by atoms with Crippen LogP contribution in [0.3, 0.4) is 0 Å². The molecular formula is C15H19ClN2OS. The fourth-order valence-corrected chi connectivity index (χ4v) is 4.10. The van der Waals surface area contributed by atoms with Crippen molar-refractivity contribution in [2.75, 3.05) is 0 Å². The maximum absolute atomic E-state index is 6.24. The van der Waals surface area contributed by atoms with E-state index in [1.54, 1.807) is 11.3 Å². The molecule has 0 aromatic carbocycles. The van der Waals surface area contributed by atoms with Crippen LogP contribution in [0.2, 0.25) is 5.28 Å². The van der Waals surface area contributed by atoms with E-state index in [2.05, 4.69) is 29.9 Å². The second-order valence-electron chi connectivity index (χ2n) is 5.48. The first-order valence-electron chi connectivity index (χ1n) is 7.27. The third kappa shape index (κ3) is 2.77. The van der Waals surface area contributed by atoms with Crippen molar-refractivity contribution in [3.63, 3.8) is 0 Å². The Labute approximate surface area is 128 Å². The summed E-state index contributed by atoms with van der Waals surface area (Å²) in [6.45, 7) is 4.31. The lowest BCUT2D eigenvalue weighted by molar-refractivity contribution is 0.0874. The Kier molecular flexibility index (Phi) is 4.13. The molecule has 2 unspecified atom stereocenters. The lowest BCUT2D eigenvalue weighted by Gasteiger charge is -2.30. The molecule has 0 aliphatic heterocycles. The Morgan fingerprint density at radius 1 is 1.35 bits per heavy atom. The zero-order valence-corrected chi connectivity index (χ0v) is 13.4. The largest absolute Gasteiger partial charge is 0.473 e. The molecule has 3 rings (SSSR count). The molecule has 108 valence electrons. The average Bonchev–Trinajstić information content (AvgIpc) is 2.79. The first kappa shape index (κ1) is 14.1. The standard InChI is InChI=1S/C15H19ClN2OS/c1-3-10-6-4-5-7-12(10)19-13-11-8-9(2)20-14(11)18-15(16)17-13/h8,10,12H,3-7H2,1-2H3. The van der Waals surface area contributed by atoms with Crippen molar-refractivity contribution in [3.05, 3.63) is 16.2 Å². The molecule has 1 aliphatic rings. The van der Waals surface area contributed by atoms with E-state index in [1.807, 2.05) is 0 Å². The second kappa shape index (κ2) is 5.86. The van der Waals surface area contributed by atoms with Crippen LogP contribution in [0, 0.1) is 12.8 Å². The summed E-state index contributed by atoms with van der Waals surface area (Å²) in [7, 11) is 0. The highest BCUT2D eigenvalue weighted by atomic mass is 35.5. The number of fused-ring (bicyclic) bond motifs is 1. The van der Waals surface area contributed by atoms with E-state index in [0.29, 0.717) is 11.8 Å². The summed E-state index contributed by atoms with van der Waals surface area (Å²) in [6, 6.07) is 2.09. The van der Waals surface area contributed by atoms with Gasteiger partial charge in [0.1, 0.15) is 10.9 Å². The molecule has 1 fully saturated rings. The highest BCUT2D eigenvalue weighted by Gasteiger charge is 2.26. The van der Waals surface area contributed by atoms with Gasteiger partial charge in [0.05, 0.1) is 5.39 Å². The van der Waals surface area contributed by atoms with E-state index in [1.165, 1.54) is 24.1 Å². The first-order valence-corrected chi connectivity index (χ1v) is 8.47. The number of halogens is 1. The summed E-state index contributed by atoms with van der Waals surface area (Å²) in [4.78, 5) is 10.7. The highest BCUT2D eigenvalue weighted by Crippen LogP contribution is 2.35. The highest BCUT2D eigenvalue weighted by molar-refractivity contribution is 7.18. The minimum Gasteiger partial charge on any atom is -0.473 e. The zero-order valence-electron chi connectivity index (χ0n) is 11.9. The molecule has 0 bridgehead atoms. The van der Waals surface area contributed by atoms with Crippen molar-refractivity contribution in [3.8, 4) is 5.88 Å². The smallest absolute Gasteiger partial charge is 0.227 e. The van der Waals surface area contributed by atoms with Gasteiger partial charge in [-0.15, -0.1) is 11.3 Å². The molecule has 3 nitrogen and oxygen atoms in total. The van der Waals surface area contributed by atoms with Crippen LogP contribution in [0.4, 0.5) is 0 Å². The lowest BCUT2D eigenvalue weighted by atomic mass is 9.85. The number of rotatable bonds is 3.